The second-order valence-electron chi connectivity index (χ2n) is 4.47. The van der Waals surface area contributed by atoms with Gasteiger partial charge in [0.1, 0.15) is 11.0 Å². The number of aryl methyl sites for hydroxylation is 1. The summed E-state index contributed by atoms with van der Waals surface area (Å²) >= 11 is 1.07. The molecule has 0 saturated carbocycles. The molecule has 6 heteroatoms. The maximum absolute atomic E-state index is 11.9. The number of amides is 1. The summed E-state index contributed by atoms with van der Waals surface area (Å²) in [5.74, 6) is -0.966. The Morgan fingerprint density at radius 1 is 1.56 bits per heavy atom. The second kappa shape index (κ2) is 5.07. The lowest BCUT2D eigenvalue weighted by Crippen LogP contribution is -2.30. The third kappa shape index (κ3) is 2.54. The summed E-state index contributed by atoms with van der Waals surface area (Å²) in [6.07, 6.45) is 0.447. The molecule has 0 bridgehead atoms. The van der Waals surface area contributed by atoms with Crippen LogP contribution in [0.5, 0.6) is 0 Å². The number of nitrogens with one attached hydrogen (secondary N) is 1. The average Bonchev–Trinajstić information content (AvgIpc) is 2.84. The molecule has 5 nitrogen and oxygen atoms in total. The number of anilines is 1. The molecule has 18 heavy (non-hydrogen) atoms. The van der Waals surface area contributed by atoms with Gasteiger partial charge in [-0.1, -0.05) is 6.92 Å². The van der Waals surface area contributed by atoms with E-state index in [0.29, 0.717) is 17.2 Å². The third-order valence-electron chi connectivity index (χ3n) is 3.00. The zero-order chi connectivity index (χ0) is 13.3. The van der Waals surface area contributed by atoms with Gasteiger partial charge >= 0.3 is 5.97 Å². The first-order valence-corrected chi connectivity index (χ1v) is 6.57. The van der Waals surface area contributed by atoms with Crippen LogP contribution in [-0.4, -0.2) is 29.7 Å². The van der Waals surface area contributed by atoms with Crippen LogP contribution in [0.2, 0.25) is 0 Å². The molecule has 0 aliphatic carbocycles. The van der Waals surface area contributed by atoms with Crippen molar-refractivity contribution >= 4 is 28.2 Å². The van der Waals surface area contributed by atoms with Gasteiger partial charge in [-0.05, 0) is 30.9 Å². The van der Waals surface area contributed by atoms with Crippen molar-refractivity contribution < 1.29 is 19.4 Å². The summed E-state index contributed by atoms with van der Waals surface area (Å²) in [6, 6.07) is 1.67. The van der Waals surface area contributed by atoms with Crippen LogP contribution in [-0.2, 0) is 9.53 Å². The number of carbonyl (C=O) groups is 2. The van der Waals surface area contributed by atoms with Gasteiger partial charge in [-0.2, -0.15) is 0 Å². The van der Waals surface area contributed by atoms with Crippen LogP contribution >= 0.6 is 11.3 Å². The van der Waals surface area contributed by atoms with E-state index < -0.39 is 12.1 Å². The molecular formula is C12H15NO4S. The monoisotopic (exact) mass is 269 g/mol. The number of carboxylic acid groups (broad SMARTS) is 1. The molecule has 0 radical (unpaired) electrons. The van der Waals surface area contributed by atoms with Gasteiger partial charge in [0.15, 0.2) is 0 Å². The smallest absolute Gasteiger partial charge is 0.346 e. The maximum atomic E-state index is 11.9. The largest absolute Gasteiger partial charge is 0.477 e. The van der Waals surface area contributed by atoms with Crippen LogP contribution in [0.4, 0.5) is 5.00 Å². The quantitative estimate of drug-likeness (QED) is 0.881. The summed E-state index contributed by atoms with van der Waals surface area (Å²) in [5.41, 5.74) is 0.656. The van der Waals surface area contributed by atoms with Gasteiger partial charge < -0.3 is 15.2 Å². The average molecular weight is 269 g/mol. The fourth-order valence-electron chi connectivity index (χ4n) is 1.98. The van der Waals surface area contributed by atoms with Crippen molar-refractivity contribution in [1.82, 2.24) is 0 Å². The van der Waals surface area contributed by atoms with Gasteiger partial charge in [-0.15, -0.1) is 11.3 Å². The molecule has 0 spiro atoms. The fraction of sp³-hybridized carbons (Fsp3) is 0.500. The molecule has 0 aromatic carbocycles. The Labute approximate surface area is 109 Å². The molecule has 2 atom stereocenters. The van der Waals surface area contributed by atoms with Crippen LogP contribution in [0, 0.1) is 12.8 Å². The summed E-state index contributed by atoms with van der Waals surface area (Å²) < 4.78 is 5.36. The molecule has 1 aromatic rings. The normalized spacial score (nSPS) is 23.0. The molecule has 1 fully saturated rings. The van der Waals surface area contributed by atoms with Crippen LogP contribution < -0.4 is 5.32 Å². The summed E-state index contributed by atoms with van der Waals surface area (Å²) in [6.45, 7) is 4.28. The Kier molecular flexibility index (Phi) is 3.68. The van der Waals surface area contributed by atoms with Crippen LogP contribution in [0.25, 0.3) is 0 Å². The highest BCUT2D eigenvalue weighted by Crippen LogP contribution is 2.28. The SMILES string of the molecule is Cc1cc(NC(=O)C2OCCC2C)sc1C(=O)O. The van der Waals surface area contributed by atoms with Crippen molar-refractivity contribution in [2.24, 2.45) is 5.92 Å². The number of aromatic carboxylic acids is 1. The number of hydrogen-bond donors (Lipinski definition) is 2. The highest BCUT2D eigenvalue weighted by atomic mass is 32.1. The topological polar surface area (TPSA) is 75.6 Å². The molecule has 1 aliphatic heterocycles. The minimum Gasteiger partial charge on any atom is -0.477 e. The zero-order valence-electron chi connectivity index (χ0n) is 10.2. The lowest BCUT2D eigenvalue weighted by atomic mass is 10.0. The highest BCUT2D eigenvalue weighted by Gasteiger charge is 2.31. The Morgan fingerprint density at radius 3 is 2.78 bits per heavy atom. The number of carboxylic acids is 1. The molecule has 2 heterocycles. The Balaban J connectivity index is 2.07. The summed E-state index contributed by atoms with van der Waals surface area (Å²) in [4.78, 5) is 23.1. The molecule has 1 saturated heterocycles. The van der Waals surface area contributed by atoms with Gasteiger partial charge in [0.25, 0.3) is 5.91 Å². The second-order valence-corrected chi connectivity index (χ2v) is 5.53. The number of carbonyl (C=O) groups excluding carboxylic acids is 1. The molecule has 1 aliphatic rings. The molecule has 1 amide bonds. The molecule has 98 valence electrons. The molecular weight excluding hydrogens is 254 g/mol. The highest BCUT2D eigenvalue weighted by molar-refractivity contribution is 7.18. The zero-order valence-corrected chi connectivity index (χ0v) is 11.0. The Bertz CT molecular complexity index is 482. The van der Waals surface area contributed by atoms with Gasteiger partial charge in [-0.3, -0.25) is 4.79 Å². The van der Waals surface area contributed by atoms with Crippen molar-refractivity contribution in [2.45, 2.75) is 26.4 Å². The van der Waals surface area contributed by atoms with Crippen molar-refractivity contribution in [1.29, 1.82) is 0 Å². The lowest BCUT2D eigenvalue weighted by molar-refractivity contribution is -0.126. The maximum Gasteiger partial charge on any atom is 0.346 e. The van der Waals surface area contributed by atoms with Gasteiger partial charge in [0.2, 0.25) is 0 Å². The predicted molar refractivity (Wildman–Crippen MR) is 68.2 cm³/mol. The number of rotatable bonds is 3. The van der Waals surface area contributed by atoms with E-state index in [2.05, 4.69) is 5.32 Å². The van der Waals surface area contributed by atoms with Crippen molar-refractivity contribution in [2.75, 3.05) is 11.9 Å². The van der Waals surface area contributed by atoms with E-state index in [0.717, 1.165) is 17.8 Å². The molecule has 2 unspecified atom stereocenters. The predicted octanol–water partition coefficient (Wildman–Crippen LogP) is 2.12. The minimum absolute atomic E-state index is 0.196. The van der Waals surface area contributed by atoms with E-state index in [1.54, 1.807) is 13.0 Å². The third-order valence-corrected chi connectivity index (χ3v) is 4.14. The number of hydrogen-bond acceptors (Lipinski definition) is 4. The van der Waals surface area contributed by atoms with Crippen LogP contribution in [0.1, 0.15) is 28.6 Å². The van der Waals surface area contributed by atoms with E-state index in [-0.39, 0.29) is 16.7 Å². The Morgan fingerprint density at radius 2 is 2.28 bits per heavy atom. The van der Waals surface area contributed by atoms with E-state index >= 15 is 0 Å². The number of ether oxygens (including phenoxy) is 1. The van der Waals surface area contributed by atoms with Crippen LogP contribution in [0.3, 0.4) is 0 Å². The fourth-order valence-corrected chi connectivity index (χ4v) is 2.89. The first kappa shape index (κ1) is 13.0. The van der Waals surface area contributed by atoms with E-state index in [4.69, 9.17) is 9.84 Å². The van der Waals surface area contributed by atoms with Gasteiger partial charge in [0, 0.05) is 6.61 Å². The van der Waals surface area contributed by atoms with Crippen molar-refractivity contribution in [3.05, 3.63) is 16.5 Å². The standard InChI is InChI=1S/C12H15NO4S/c1-6-3-4-17-9(6)11(14)13-8-5-7(2)10(18-8)12(15)16/h5-6,9H,3-4H2,1-2H3,(H,13,14)(H,15,16). The molecule has 2 N–H and O–H groups in total. The van der Waals surface area contributed by atoms with Crippen LogP contribution in [0.15, 0.2) is 6.07 Å². The van der Waals surface area contributed by atoms with Crippen molar-refractivity contribution in [3.63, 3.8) is 0 Å². The van der Waals surface area contributed by atoms with E-state index in [9.17, 15) is 9.59 Å². The number of thiophene rings is 1. The Hall–Kier alpha value is -1.40. The first-order valence-electron chi connectivity index (χ1n) is 5.75. The molecule has 2 rings (SSSR count). The minimum atomic E-state index is -0.969. The van der Waals surface area contributed by atoms with Crippen molar-refractivity contribution in [3.8, 4) is 0 Å². The molecule has 1 aromatic heterocycles. The lowest BCUT2D eigenvalue weighted by Gasteiger charge is -2.13. The first-order chi connectivity index (χ1) is 8.49. The van der Waals surface area contributed by atoms with E-state index in [1.165, 1.54) is 0 Å². The van der Waals surface area contributed by atoms with Gasteiger partial charge in [0.05, 0.1) is 5.00 Å². The summed E-state index contributed by atoms with van der Waals surface area (Å²) in [7, 11) is 0. The summed E-state index contributed by atoms with van der Waals surface area (Å²) in [5, 5.41) is 12.2. The van der Waals surface area contributed by atoms with Gasteiger partial charge in [-0.25, -0.2) is 4.79 Å². The van der Waals surface area contributed by atoms with E-state index in [1.807, 2.05) is 6.92 Å².